The Morgan fingerprint density at radius 2 is 1.85 bits per heavy atom. The number of amides is 2. The van der Waals surface area contributed by atoms with Crippen molar-refractivity contribution in [1.82, 2.24) is 10.3 Å². The number of urea groups is 1. The van der Waals surface area contributed by atoms with Crippen molar-refractivity contribution < 1.29 is 19.0 Å². The minimum atomic E-state index is -0.332. The summed E-state index contributed by atoms with van der Waals surface area (Å²) in [6.45, 7) is 0.322. The Hall–Kier alpha value is -2.96. The predicted molar refractivity (Wildman–Crippen MR) is 103 cm³/mol. The molecule has 1 aromatic heterocycles. The third-order valence-corrected chi connectivity index (χ3v) is 4.48. The quantitative estimate of drug-likeness (QED) is 0.775. The number of aromatic nitrogens is 1. The van der Waals surface area contributed by atoms with Crippen LogP contribution in [0.15, 0.2) is 36.5 Å². The van der Waals surface area contributed by atoms with E-state index in [1.165, 1.54) is 12.8 Å². The standard InChI is InChI=1S/C20H25N3O4/c1-25-17-10-15(11-18(12-17)26-2)23-20(24)22-13-14-6-5-9-21-19(14)27-16-7-3-4-8-16/h5-6,9-12,16H,3-4,7-8,13H2,1-2H3,(H2,22,23,24). The summed E-state index contributed by atoms with van der Waals surface area (Å²) in [7, 11) is 3.12. The van der Waals surface area contributed by atoms with Gasteiger partial charge in [0.25, 0.3) is 0 Å². The molecule has 7 heteroatoms. The van der Waals surface area contributed by atoms with E-state index < -0.39 is 0 Å². The molecule has 1 fully saturated rings. The van der Waals surface area contributed by atoms with Crippen LogP contribution in [-0.4, -0.2) is 31.3 Å². The van der Waals surface area contributed by atoms with Crippen LogP contribution in [0.2, 0.25) is 0 Å². The maximum absolute atomic E-state index is 12.3. The van der Waals surface area contributed by atoms with Crippen molar-refractivity contribution in [2.75, 3.05) is 19.5 Å². The van der Waals surface area contributed by atoms with E-state index >= 15 is 0 Å². The summed E-state index contributed by atoms with van der Waals surface area (Å²) in [5.41, 5.74) is 1.43. The van der Waals surface area contributed by atoms with Crippen molar-refractivity contribution in [1.29, 1.82) is 0 Å². The molecule has 2 amide bonds. The molecule has 1 saturated carbocycles. The van der Waals surface area contributed by atoms with Crippen LogP contribution in [0.4, 0.5) is 10.5 Å². The first-order chi connectivity index (χ1) is 13.2. The molecule has 0 unspecified atom stereocenters. The first-order valence-electron chi connectivity index (χ1n) is 9.06. The molecule has 144 valence electrons. The van der Waals surface area contributed by atoms with Crippen molar-refractivity contribution in [2.45, 2.75) is 38.3 Å². The maximum Gasteiger partial charge on any atom is 0.319 e. The Labute approximate surface area is 159 Å². The minimum absolute atomic E-state index is 0.219. The molecule has 0 spiro atoms. The fourth-order valence-electron chi connectivity index (χ4n) is 3.06. The second-order valence-electron chi connectivity index (χ2n) is 6.40. The Morgan fingerprint density at radius 1 is 1.15 bits per heavy atom. The number of carbonyl (C=O) groups excluding carboxylic acids is 1. The van der Waals surface area contributed by atoms with Gasteiger partial charge in [0, 0.05) is 42.2 Å². The lowest BCUT2D eigenvalue weighted by Gasteiger charge is -2.16. The Morgan fingerprint density at radius 3 is 2.52 bits per heavy atom. The smallest absolute Gasteiger partial charge is 0.319 e. The van der Waals surface area contributed by atoms with Gasteiger partial charge in [0.1, 0.15) is 17.6 Å². The monoisotopic (exact) mass is 371 g/mol. The summed E-state index contributed by atoms with van der Waals surface area (Å²) in [6.07, 6.45) is 6.42. The van der Waals surface area contributed by atoms with Crippen LogP contribution >= 0.6 is 0 Å². The first-order valence-corrected chi connectivity index (χ1v) is 9.06. The predicted octanol–water partition coefficient (Wildman–Crippen LogP) is 3.74. The summed E-state index contributed by atoms with van der Waals surface area (Å²) in [6, 6.07) is 8.60. The van der Waals surface area contributed by atoms with Gasteiger partial charge >= 0.3 is 6.03 Å². The molecular weight excluding hydrogens is 346 g/mol. The van der Waals surface area contributed by atoms with Crippen LogP contribution in [-0.2, 0) is 6.54 Å². The third-order valence-electron chi connectivity index (χ3n) is 4.48. The number of rotatable bonds is 7. The van der Waals surface area contributed by atoms with Gasteiger partial charge in [-0.3, -0.25) is 0 Å². The van der Waals surface area contributed by atoms with Gasteiger partial charge in [-0.25, -0.2) is 9.78 Å². The van der Waals surface area contributed by atoms with E-state index in [2.05, 4.69) is 15.6 Å². The zero-order chi connectivity index (χ0) is 19.1. The van der Waals surface area contributed by atoms with Crippen molar-refractivity contribution in [3.63, 3.8) is 0 Å². The van der Waals surface area contributed by atoms with Gasteiger partial charge in [-0.15, -0.1) is 0 Å². The van der Waals surface area contributed by atoms with Crippen LogP contribution in [0.25, 0.3) is 0 Å². The van der Waals surface area contributed by atoms with Crippen LogP contribution in [0.3, 0.4) is 0 Å². The number of nitrogens with zero attached hydrogens (tertiary/aromatic N) is 1. The third kappa shape index (κ3) is 5.26. The van der Waals surface area contributed by atoms with Crippen molar-refractivity contribution >= 4 is 11.7 Å². The zero-order valence-electron chi connectivity index (χ0n) is 15.7. The molecule has 0 saturated heterocycles. The molecule has 0 aliphatic heterocycles. The summed E-state index contributed by atoms with van der Waals surface area (Å²) < 4.78 is 16.4. The molecule has 7 nitrogen and oxygen atoms in total. The number of carbonyl (C=O) groups is 1. The van der Waals surface area contributed by atoms with Crippen LogP contribution < -0.4 is 24.8 Å². The van der Waals surface area contributed by atoms with E-state index in [0.29, 0.717) is 29.6 Å². The molecule has 1 aliphatic carbocycles. The normalized spacial score (nSPS) is 13.9. The Kier molecular flexibility index (Phi) is 6.35. The average Bonchev–Trinajstić information content (AvgIpc) is 3.20. The molecule has 2 aromatic rings. The number of nitrogens with one attached hydrogen (secondary N) is 2. The largest absolute Gasteiger partial charge is 0.497 e. The Bertz CT molecular complexity index is 753. The zero-order valence-corrected chi connectivity index (χ0v) is 15.7. The first kappa shape index (κ1) is 18.8. The van der Waals surface area contributed by atoms with Crippen LogP contribution in [0.1, 0.15) is 31.2 Å². The highest BCUT2D eigenvalue weighted by molar-refractivity contribution is 5.89. The van der Waals surface area contributed by atoms with Crippen LogP contribution in [0, 0.1) is 0 Å². The second kappa shape index (κ2) is 9.12. The molecule has 1 aromatic carbocycles. The molecule has 0 bridgehead atoms. The van der Waals surface area contributed by atoms with Crippen LogP contribution in [0.5, 0.6) is 17.4 Å². The molecule has 0 radical (unpaired) electrons. The minimum Gasteiger partial charge on any atom is -0.497 e. The number of methoxy groups -OCH3 is 2. The molecule has 1 aliphatic rings. The summed E-state index contributed by atoms with van der Waals surface area (Å²) >= 11 is 0. The van der Waals surface area contributed by atoms with Gasteiger partial charge in [-0.2, -0.15) is 0 Å². The number of hydrogen-bond donors (Lipinski definition) is 2. The van der Waals surface area contributed by atoms with Gasteiger partial charge in [0.15, 0.2) is 0 Å². The van der Waals surface area contributed by atoms with Gasteiger partial charge in [0.05, 0.1) is 14.2 Å². The number of ether oxygens (including phenoxy) is 3. The topological polar surface area (TPSA) is 81.7 Å². The van der Waals surface area contributed by atoms with Gasteiger partial charge in [0.2, 0.25) is 5.88 Å². The lowest BCUT2D eigenvalue weighted by Crippen LogP contribution is -2.28. The number of anilines is 1. The van der Waals surface area contributed by atoms with E-state index in [1.54, 1.807) is 38.6 Å². The summed E-state index contributed by atoms with van der Waals surface area (Å²) in [5.74, 6) is 1.79. The maximum atomic E-state index is 12.3. The second-order valence-corrected chi connectivity index (χ2v) is 6.40. The van der Waals surface area contributed by atoms with Crippen molar-refractivity contribution in [3.05, 3.63) is 42.1 Å². The van der Waals surface area contributed by atoms with E-state index in [-0.39, 0.29) is 12.1 Å². The molecule has 2 N–H and O–H groups in total. The summed E-state index contributed by atoms with van der Waals surface area (Å²) in [5, 5.41) is 5.62. The van der Waals surface area contributed by atoms with E-state index in [0.717, 1.165) is 18.4 Å². The lowest BCUT2D eigenvalue weighted by molar-refractivity contribution is 0.199. The van der Waals surface area contributed by atoms with Crippen molar-refractivity contribution in [3.8, 4) is 17.4 Å². The highest BCUT2D eigenvalue weighted by Crippen LogP contribution is 2.26. The number of hydrogen-bond acceptors (Lipinski definition) is 5. The summed E-state index contributed by atoms with van der Waals surface area (Å²) in [4.78, 5) is 16.6. The van der Waals surface area contributed by atoms with Gasteiger partial charge < -0.3 is 24.8 Å². The lowest BCUT2D eigenvalue weighted by atomic mass is 10.2. The van der Waals surface area contributed by atoms with Gasteiger partial charge in [-0.05, 0) is 31.7 Å². The molecule has 27 heavy (non-hydrogen) atoms. The Balaban J connectivity index is 1.59. The molecule has 1 heterocycles. The average molecular weight is 371 g/mol. The fourth-order valence-corrected chi connectivity index (χ4v) is 3.06. The highest BCUT2D eigenvalue weighted by Gasteiger charge is 2.18. The van der Waals surface area contributed by atoms with Crippen molar-refractivity contribution in [2.24, 2.45) is 0 Å². The SMILES string of the molecule is COc1cc(NC(=O)NCc2cccnc2OC2CCCC2)cc(OC)c1. The number of benzene rings is 1. The van der Waals surface area contributed by atoms with Gasteiger partial charge in [-0.1, -0.05) is 6.07 Å². The van der Waals surface area contributed by atoms with E-state index in [9.17, 15) is 4.79 Å². The molecule has 3 rings (SSSR count). The van der Waals surface area contributed by atoms with E-state index in [4.69, 9.17) is 14.2 Å². The molecular formula is C20H25N3O4. The fraction of sp³-hybridized carbons (Fsp3) is 0.400. The van der Waals surface area contributed by atoms with E-state index in [1.807, 2.05) is 12.1 Å². The molecule has 0 atom stereocenters. The number of pyridine rings is 1. The highest BCUT2D eigenvalue weighted by atomic mass is 16.5.